The highest BCUT2D eigenvalue weighted by Gasteiger charge is 2.09. The van der Waals surface area contributed by atoms with E-state index in [1.54, 1.807) is 12.1 Å². The fraction of sp³-hybridized carbons (Fsp3) is 0.133. The van der Waals surface area contributed by atoms with Gasteiger partial charge in [0.05, 0.1) is 5.69 Å². The number of anilines is 1. The van der Waals surface area contributed by atoms with E-state index >= 15 is 0 Å². The van der Waals surface area contributed by atoms with Crippen LogP contribution in [0.15, 0.2) is 46.9 Å². The molecule has 1 atom stereocenters. The van der Waals surface area contributed by atoms with Gasteiger partial charge in [0.15, 0.2) is 0 Å². The van der Waals surface area contributed by atoms with E-state index in [0.717, 1.165) is 10.0 Å². The van der Waals surface area contributed by atoms with Gasteiger partial charge in [-0.3, -0.25) is 0 Å². The molecule has 0 saturated carbocycles. The normalized spacial score (nSPS) is 11.9. The minimum absolute atomic E-state index is 0.00622. The summed E-state index contributed by atoms with van der Waals surface area (Å²) in [5.74, 6) is -0.362. The average molecular weight is 353 g/mol. The topological polar surface area (TPSA) is 38.0 Å². The van der Waals surface area contributed by atoms with Gasteiger partial charge in [-0.15, -0.1) is 0 Å². The van der Waals surface area contributed by atoms with Crippen molar-refractivity contribution >= 4 is 38.8 Å². The van der Waals surface area contributed by atoms with E-state index in [2.05, 4.69) is 21.2 Å². The molecule has 2 nitrogen and oxygen atoms in total. The second-order valence-electron chi connectivity index (χ2n) is 4.48. The molecular weight excluding hydrogens is 339 g/mol. The van der Waals surface area contributed by atoms with Gasteiger partial charge in [-0.1, -0.05) is 40.3 Å². The van der Waals surface area contributed by atoms with Gasteiger partial charge in [-0.2, -0.15) is 0 Å². The van der Waals surface area contributed by atoms with Crippen molar-refractivity contribution in [2.24, 2.45) is 5.73 Å². The van der Waals surface area contributed by atoms with Crippen molar-refractivity contribution in [2.75, 3.05) is 5.32 Å². The van der Waals surface area contributed by atoms with Gasteiger partial charge < -0.3 is 11.1 Å². The lowest BCUT2D eigenvalue weighted by atomic mass is 10.1. The van der Waals surface area contributed by atoms with Gasteiger partial charge in [-0.25, -0.2) is 4.39 Å². The Balaban J connectivity index is 2.17. The summed E-state index contributed by atoms with van der Waals surface area (Å²) in [6, 6.07) is 12.6. The van der Waals surface area contributed by atoms with Gasteiger partial charge in [0.25, 0.3) is 0 Å². The Kier molecular flexibility index (Phi) is 4.73. The maximum Gasteiger partial charge on any atom is 0.147 e. The minimum Gasteiger partial charge on any atom is -0.389 e. The predicted molar refractivity (Wildman–Crippen MR) is 88.5 cm³/mol. The van der Waals surface area contributed by atoms with E-state index in [9.17, 15) is 4.39 Å². The lowest BCUT2D eigenvalue weighted by molar-refractivity contribution is 0.627. The molecule has 2 aromatic carbocycles. The molecule has 0 radical (unpaired) electrons. The van der Waals surface area contributed by atoms with Crippen molar-refractivity contribution in [3.05, 3.63) is 63.9 Å². The average Bonchev–Trinajstić information content (AvgIpc) is 2.41. The largest absolute Gasteiger partial charge is 0.389 e. The van der Waals surface area contributed by atoms with E-state index in [4.69, 9.17) is 18.0 Å². The Labute approximate surface area is 131 Å². The summed E-state index contributed by atoms with van der Waals surface area (Å²) in [6.07, 6.45) is 0. The monoisotopic (exact) mass is 352 g/mol. The zero-order chi connectivity index (χ0) is 14.7. The van der Waals surface area contributed by atoms with Crippen LogP contribution in [0.4, 0.5) is 10.1 Å². The van der Waals surface area contributed by atoms with Gasteiger partial charge >= 0.3 is 0 Å². The van der Waals surface area contributed by atoms with Crippen LogP contribution in [0.3, 0.4) is 0 Å². The summed E-state index contributed by atoms with van der Waals surface area (Å²) in [4.78, 5) is 0.191. The van der Waals surface area contributed by atoms with E-state index in [1.807, 2.05) is 31.2 Å². The van der Waals surface area contributed by atoms with Crippen LogP contribution in [0.2, 0.25) is 0 Å². The first-order valence-electron chi connectivity index (χ1n) is 6.08. The Morgan fingerprint density at radius 1 is 1.25 bits per heavy atom. The molecule has 0 spiro atoms. The van der Waals surface area contributed by atoms with Crippen LogP contribution in [-0.4, -0.2) is 4.99 Å². The maximum atomic E-state index is 14.0. The standard InChI is InChI=1S/C15H14BrFN2S/c1-9(10-2-5-12(16)6-3-10)19-14-7-4-11(15(18)20)8-13(14)17/h2-9,19H,1H3,(H2,18,20). The molecule has 2 rings (SSSR count). The summed E-state index contributed by atoms with van der Waals surface area (Å²) >= 11 is 8.22. The smallest absolute Gasteiger partial charge is 0.147 e. The van der Waals surface area contributed by atoms with Crippen molar-refractivity contribution in [3.8, 4) is 0 Å². The number of nitrogens with two attached hydrogens (primary N) is 1. The first-order chi connectivity index (χ1) is 9.47. The van der Waals surface area contributed by atoms with Crippen LogP contribution in [0.25, 0.3) is 0 Å². The fourth-order valence-electron chi connectivity index (χ4n) is 1.85. The van der Waals surface area contributed by atoms with Crippen molar-refractivity contribution in [1.82, 2.24) is 0 Å². The third-order valence-corrected chi connectivity index (χ3v) is 3.76. The van der Waals surface area contributed by atoms with E-state index in [0.29, 0.717) is 11.3 Å². The summed E-state index contributed by atoms with van der Waals surface area (Å²) in [6.45, 7) is 1.98. The first kappa shape index (κ1) is 14.9. The number of nitrogens with one attached hydrogen (secondary N) is 1. The van der Waals surface area contributed by atoms with Crippen LogP contribution in [0.5, 0.6) is 0 Å². The fourth-order valence-corrected chi connectivity index (χ4v) is 2.24. The molecule has 0 bridgehead atoms. The van der Waals surface area contributed by atoms with E-state index in [-0.39, 0.29) is 16.8 Å². The van der Waals surface area contributed by atoms with Gasteiger partial charge in [0.2, 0.25) is 0 Å². The van der Waals surface area contributed by atoms with Gasteiger partial charge in [0.1, 0.15) is 10.8 Å². The van der Waals surface area contributed by atoms with E-state index in [1.165, 1.54) is 6.07 Å². The molecule has 0 fully saturated rings. The Morgan fingerprint density at radius 2 is 1.90 bits per heavy atom. The first-order valence-corrected chi connectivity index (χ1v) is 7.29. The third-order valence-electron chi connectivity index (χ3n) is 3.00. The molecule has 1 unspecified atom stereocenters. The molecule has 20 heavy (non-hydrogen) atoms. The molecule has 0 aliphatic heterocycles. The molecule has 5 heteroatoms. The van der Waals surface area contributed by atoms with Crippen molar-refractivity contribution in [1.29, 1.82) is 0 Å². The van der Waals surface area contributed by atoms with Crippen molar-refractivity contribution in [2.45, 2.75) is 13.0 Å². The molecule has 0 saturated heterocycles. The lowest BCUT2D eigenvalue weighted by Gasteiger charge is -2.16. The second kappa shape index (κ2) is 6.33. The highest BCUT2D eigenvalue weighted by molar-refractivity contribution is 9.10. The number of halogens is 2. The quantitative estimate of drug-likeness (QED) is 0.801. The number of benzene rings is 2. The third kappa shape index (κ3) is 3.55. The number of rotatable bonds is 4. The minimum atomic E-state index is -0.362. The predicted octanol–water partition coefficient (Wildman–Crippen LogP) is 4.40. The number of hydrogen-bond donors (Lipinski definition) is 2. The van der Waals surface area contributed by atoms with Crippen LogP contribution < -0.4 is 11.1 Å². The Bertz CT molecular complexity index is 628. The van der Waals surface area contributed by atoms with Crippen molar-refractivity contribution < 1.29 is 4.39 Å². The van der Waals surface area contributed by atoms with Gasteiger partial charge in [0, 0.05) is 16.1 Å². The molecule has 104 valence electrons. The highest BCUT2D eigenvalue weighted by Crippen LogP contribution is 2.23. The molecule has 0 aliphatic carbocycles. The van der Waals surface area contributed by atoms with Crippen LogP contribution >= 0.6 is 28.1 Å². The molecule has 0 amide bonds. The van der Waals surface area contributed by atoms with E-state index < -0.39 is 0 Å². The molecule has 2 aromatic rings. The maximum absolute atomic E-state index is 14.0. The van der Waals surface area contributed by atoms with Gasteiger partial charge in [-0.05, 0) is 42.8 Å². The summed E-state index contributed by atoms with van der Waals surface area (Å²) in [5, 5.41) is 3.14. The zero-order valence-electron chi connectivity index (χ0n) is 10.9. The molecule has 0 heterocycles. The number of thiocarbonyl (C=S) groups is 1. The summed E-state index contributed by atoms with van der Waals surface area (Å²) in [5.41, 5.74) is 7.51. The Morgan fingerprint density at radius 3 is 2.45 bits per heavy atom. The van der Waals surface area contributed by atoms with Crippen LogP contribution in [0, 0.1) is 5.82 Å². The molecular formula is C15H14BrFN2S. The SMILES string of the molecule is CC(Nc1ccc(C(N)=S)cc1F)c1ccc(Br)cc1. The number of hydrogen-bond acceptors (Lipinski definition) is 2. The second-order valence-corrected chi connectivity index (χ2v) is 5.83. The van der Waals surface area contributed by atoms with Crippen molar-refractivity contribution in [3.63, 3.8) is 0 Å². The van der Waals surface area contributed by atoms with Crippen LogP contribution in [-0.2, 0) is 0 Å². The summed E-state index contributed by atoms with van der Waals surface area (Å²) in [7, 11) is 0. The molecule has 3 N–H and O–H groups in total. The summed E-state index contributed by atoms with van der Waals surface area (Å²) < 4.78 is 15.0. The highest BCUT2D eigenvalue weighted by atomic mass is 79.9. The zero-order valence-corrected chi connectivity index (χ0v) is 13.3. The lowest BCUT2D eigenvalue weighted by Crippen LogP contribution is -2.11. The Hall–Kier alpha value is -1.46. The van der Waals surface area contributed by atoms with Crippen LogP contribution in [0.1, 0.15) is 24.1 Å². The molecule has 0 aliphatic rings. The molecule has 0 aromatic heterocycles.